The van der Waals surface area contributed by atoms with Crippen LogP contribution < -0.4 is 0 Å². The zero-order chi connectivity index (χ0) is 11.1. The molecule has 1 aliphatic carbocycles. The predicted octanol–water partition coefficient (Wildman–Crippen LogP) is 3.05. The van der Waals surface area contributed by atoms with Crippen molar-refractivity contribution in [3.63, 3.8) is 0 Å². The maximum Gasteiger partial charge on any atom is 0.0462 e. The van der Waals surface area contributed by atoms with Gasteiger partial charge in [0.2, 0.25) is 0 Å². The van der Waals surface area contributed by atoms with Crippen molar-refractivity contribution in [2.75, 3.05) is 27.3 Å². The maximum atomic E-state index is 5.06. The number of methoxy groups -OCH3 is 1. The Morgan fingerprint density at radius 2 is 2.00 bits per heavy atom. The molecular weight excluding hydrogens is 254 g/mol. The minimum absolute atomic E-state index is 0.707. The summed E-state index contributed by atoms with van der Waals surface area (Å²) in [6.07, 6.45) is 7.92. The maximum absolute atomic E-state index is 5.06. The molecule has 0 amide bonds. The molecule has 0 aromatic carbocycles. The van der Waals surface area contributed by atoms with E-state index in [-0.39, 0.29) is 0 Å². The van der Waals surface area contributed by atoms with E-state index in [0.717, 1.165) is 12.6 Å². The fourth-order valence-corrected chi connectivity index (χ4v) is 3.33. The van der Waals surface area contributed by atoms with E-state index in [1.54, 1.807) is 7.11 Å². The number of rotatable bonds is 6. The van der Waals surface area contributed by atoms with Gasteiger partial charge in [-0.05, 0) is 39.3 Å². The van der Waals surface area contributed by atoms with E-state index in [0.29, 0.717) is 4.83 Å². The lowest BCUT2D eigenvalue weighted by molar-refractivity contribution is 0.169. The monoisotopic (exact) mass is 277 g/mol. The van der Waals surface area contributed by atoms with Gasteiger partial charge in [0, 0.05) is 24.6 Å². The van der Waals surface area contributed by atoms with E-state index < -0.39 is 0 Å². The molecule has 0 spiro atoms. The van der Waals surface area contributed by atoms with Crippen LogP contribution in [0.25, 0.3) is 0 Å². The molecule has 15 heavy (non-hydrogen) atoms. The Morgan fingerprint density at radius 3 is 2.67 bits per heavy atom. The average Bonchev–Trinajstić information content (AvgIpc) is 2.25. The van der Waals surface area contributed by atoms with Gasteiger partial charge < -0.3 is 9.64 Å². The number of nitrogens with zero attached hydrogens (tertiary/aromatic N) is 1. The van der Waals surface area contributed by atoms with Crippen molar-refractivity contribution in [3.8, 4) is 0 Å². The summed E-state index contributed by atoms with van der Waals surface area (Å²) in [4.78, 5) is 3.23. The molecule has 90 valence electrons. The highest BCUT2D eigenvalue weighted by Crippen LogP contribution is 2.27. The van der Waals surface area contributed by atoms with Crippen molar-refractivity contribution >= 4 is 15.9 Å². The molecule has 0 bridgehead atoms. The molecular formula is C12H24BrNO. The molecule has 0 aliphatic heterocycles. The zero-order valence-electron chi connectivity index (χ0n) is 10.0. The van der Waals surface area contributed by atoms with Gasteiger partial charge >= 0.3 is 0 Å². The molecule has 2 atom stereocenters. The van der Waals surface area contributed by atoms with Gasteiger partial charge in [-0.15, -0.1) is 0 Å². The minimum Gasteiger partial charge on any atom is -0.385 e. The van der Waals surface area contributed by atoms with Crippen LogP contribution >= 0.6 is 15.9 Å². The lowest BCUT2D eigenvalue weighted by atomic mass is 9.94. The van der Waals surface area contributed by atoms with E-state index in [1.807, 2.05) is 0 Å². The summed E-state index contributed by atoms with van der Waals surface area (Å²) in [6, 6.07) is 0.751. The van der Waals surface area contributed by atoms with Gasteiger partial charge in [-0.1, -0.05) is 28.8 Å². The van der Waals surface area contributed by atoms with E-state index in [2.05, 4.69) is 27.9 Å². The Kier molecular flexibility index (Phi) is 6.86. The number of unbranched alkanes of at least 4 members (excludes halogenated alkanes) is 1. The predicted molar refractivity (Wildman–Crippen MR) is 68.7 cm³/mol. The summed E-state index contributed by atoms with van der Waals surface area (Å²) in [5.74, 6) is 0. The molecule has 0 N–H and O–H groups in total. The van der Waals surface area contributed by atoms with E-state index in [4.69, 9.17) is 4.74 Å². The number of halogens is 1. The highest BCUT2D eigenvalue weighted by atomic mass is 79.9. The van der Waals surface area contributed by atoms with E-state index in [9.17, 15) is 0 Å². The van der Waals surface area contributed by atoms with Crippen molar-refractivity contribution < 1.29 is 4.74 Å². The molecule has 0 radical (unpaired) electrons. The Hall–Kier alpha value is 0.400. The quantitative estimate of drug-likeness (QED) is 0.547. The molecule has 0 aromatic heterocycles. The van der Waals surface area contributed by atoms with Crippen LogP contribution in [0.2, 0.25) is 0 Å². The second-order valence-electron chi connectivity index (χ2n) is 4.55. The summed E-state index contributed by atoms with van der Waals surface area (Å²) in [5, 5.41) is 0. The van der Waals surface area contributed by atoms with Gasteiger partial charge in [0.1, 0.15) is 0 Å². The Balaban J connectivity index is 2.16. The third-order valence-electron chi connectivity index (χ3n) is 3.32. The molecule has 0 aromatic rings. The first-order valence-corrected chi connectivity index (χ1v) is 7.00. The lowest BCUT2D eigenvalue weighted by Gasteiger charge is -2.35. The summed E-state index contributed by atoms with van der Waals surface area (Å²) in [7, 11) is 4.04. The first-order chi connectivity index (χ1) is 7.25. The molecule has 1 aliphatic rings. The van der Waals surface area contributed by atoms with Crippen molar-refractivity contribution in [1.82, 2.24) is 4.90 Å². The summed E-state index contributed by atoms with van der Waals surface area (Å²) >= 11 is 3.81. The Morgan fingerprint density at radius 1 is 1.27 bits per heavy atom. The second kappa shape index (κ2) is 7.64. The summed E-state index contributed by atoms with van der Waals surface area (Å²) in [6.45, 7) is 2.10. The number of ether oxygens (including phenoxy) is 1. The molecule has 1 saturated carbocycles. The summed E-state index contributed by atoms with van der Waals surface area (Å²) in [5.41, 5.74) is 0. The highest BCUT2D eigenvalue weighted by molar-refractivity contribution is 9.09. The van der Waals surface area contributed by atoms with Gasteiger partial charge in [-0.25, -0.2) is 0 Å². The number of alkyl halides is 1. The van der Waals surface area contributed by atoms with Crippen molar-refractivity contribution in [3.05, 3.63) is 0 Å². The molecule has 2 nitrogen and oxygen atoms in total. The first-order valence-electron chi connectivity index (χ1n) is 6.09. The Bertz CT molecular complexity index is 166. The third-order valence-corrected chi connectivity index (χ3v) is 4.39. The van der Waals surface area contributed by atoms with Crippen LogP contribution in [0.15, 0.2) is 0 Å². The van der Waals surface area contributed by atoms with Crippen LogP contribution in [0.3, 0.4) is 0 Å². The molecule has 1 fully saturated rings. The fourth-order valence-electron chi connectivity index (χ4n) is 2.34. The molecule has 2 unspecified atom stereocenters. The van der Waals surface area contributed by atoms with Crippen LogP contribution in [-0.2, 0) is 4.74 Å². The van der Waals surface area contributed by atoms with E-state index in [1.165, 1.54) is 45.1 Å². The largest absolute Gasteiger partial charge is 0.385 e. The Labute approximate surface area is 102 Å². The van der Waals surface area contributed by atoms with E-state index >= 15 is 0 Å². The molecule has 1 rings (SSSR count). The van der Waals surface area contributed by atoms with Crippen molar-refractivity contribution in [2.45, 2.75) is 49.4 Å². The SMILES string of the molecule is COCCCCN(C)C1CCCCC1Br. The summed E-state index contributed by atoms with van der Waals surface area (Å²) < 4.78 is 5.06. The normalized spacial score (nSPS) is 27.2. The van der Waals surface area contributed by atoms with Gasteiger partial charge in [0.25, 0.3) is 0 Å². The average molecular weight is 278 g/mol. The van der Waals surface area contributed by atoms with Crippen LogP contribution in [0.1, 0.15) is 38.5 Å². The zero-order valence-corrected chi connectivity index (χ0v) is 11.6. The molecule has 0 saturated heterocycles. The lowest BCUT2D eigenvalue weighted by Crippen LogP contribution is -2.41. The van der Waals surface area contributed by atoms with Crippen LogP contribution in [-0.4, -0.2) is 43.1 Å². The number of hydrogen-bond donors (Lipinski definition) is 0. The molecule has 3 heteroatoms. The van der Waals surface area contributed by atoms with Gasteiger partial charge in [-0.3, -0.25) is 0 Å². The third kappa shape index (κ3) is 4.83. The molecule has 0 heterocycles. The second-order valence-corrected chi connectivity index (χ2v) is 5.72. The fraction of sp³-hybridized carbons (Fsp3) is 1.00. The topological polar surface area (TPSA) is 12.5 Å². The van der Waals surface area contributed by atoms with Gasteiger partial charge in [-0.2, -0.15) is 0 Å². The smallest absolute Gasteiger partial charge is 0.0462 e. The number of hydrogen-bond acceptors (Lipinski definition) is 2. The standard InChI is InChI=1S/C12H24BrNO/c1-14(9-5-6-10-15-2)12-8-4-3-7-11(12)13/h11-12H,3-10H2,1-2H3. The van der Waals surface area contributed by atoms with Gasteiger partial charge in [0.05, 0.1) is 0 Å². The van der Waals surface area contributed by atoms with Crippen LogP contribution in [0.4, 0.5) is 0 Å². The van der Waals surface area contributed by atoms with Crippen LogP contribution in [0, 0.1) is 0 Å². The highest BCUT2D eigenvalue weighted by Gasteiger charge is 2.25. The minimum atomic E-state index is 0.707. The van der Waals surface area contributed by atoms with Crippen LogP contribution in [0.5, 0.6) is 0 Å². The van der Waals surface area contributed by atoms with Crippen molar-refractivity contribution in [2.24, 2.45) is 0 Å². The van der Waals surface area contributed by atoms with Gasteiger partial charge in [0.15, 0.2) is 0 Å². The van der Waals surface area contributed by atoms with Crippen molar-refractivity contribution in [1.29, 1.82) is 0 Å². The first kappa shape index (κ1) is 13.5.